The minimum absolute atomic E-state index is 0.0935. The largest absolute Gasteiger partial charge is 0.392 e. The highest BCUT2D eigenvalue weighted by Crippen LogP contribution is 2.35. The number of nitrogens with zero attached hydrogens (tertiary/aromatic N) is 2. The molecule has 0 spiro atoms. The summed E-state index contributed by atoms with van der Waals surface area (Å²) >= 11 is 0. The second kappa shape index (κ2) is 5.42. The number of aromatic nitrogens is 1. The molecule has 20 heavy (non-hydrogen) atoms. The molecule has 0 saturated heterocycles. The Hall–Kier alpha value is -0.980. The minimum atomic E-state index is -3.50. The SMILES string of the molecule is O=S(=O)(c1ccc(CO)cn1)N(CC1CC1)CC1CC1. The molecule has 1 N–H and O–H groups in total. The van der Waals surface area contributed by atoms with Crippen LogP contribution in [0.2, 0.25) is 0 Å². The van der Waals surface area contributed by atoms with E-state index in [0.29, 0.717) is 30.5 Å². The van der Waals surface area contributed by atoms with Crippen molar-refractivity contribution in [2.75, 3.05) is 13.1 Å². The maximum atomic E-state index is 12.7. The van der Waals surface area contributed by atoms with Gasteiger partial charge in [-0.3, -0.25) is 0 Å². The molecule has 0 aromatic carbocycles. The Morgan fingerprint density at radius 2 is 1.75 bits per heavy atom. The van der Waals surface area contributed by atoms with Crippen LogP contribution in [0.25, 0.3) is 0 Å². The molecule has 2 aliphatic carbocycles. The Bertz CT molecular complexity index is 549. The number of aliphatic hydroxyl groups is 1. The Morgan fingerprint density at radius 1 is 1.15 bits per heavy atom. The monoisotopic (exact) mass is 296 g/mol. The van der Waals surface area contributed by atoms with Crippen molar-refractivity contribution >= 4 is 10.0 Å². The van der Waals surface area contributed by atoms with Crippen molar-refractivity contribution in [3.8, 4) is 0 Å². The van der Waals surface area contributed by atoms with Crippen molar-refractivity contribution in [2.24, 2.45) is 11.8 Å². The lowest BCUT2D eigenvalue weighted by Crippen LogP contribution is -2.35. The molecule has 3 rings (SSSR count). The second-order valence-electron chi connectivity index (χ2n) is 5.87. The van der Waals surface area contributed by atoms with E-state index in [4.69, 9.17) is 5.11 Å². The number of sulfonamides is 1. The Morgan fingerprint density at radius 3 is 2.15 bits per heavy atom. The second-order valence-corrected chi connectivity index (χ2v) is 7.76. The molecule has 5 nitrogen and oxygen atoms in total. The number of aliphatic hydroxyl groups excluding tert-OH is 1. The van der Waals surface area contributed by atoms with Crippen LogP contribution >= 0.6 is 0 Å². The molecule has 1 aromatic heterocycles. The topological polar surface area (TPSA) is 70.5 Å². The fraction of sp³-hybridized carbons (Fsp3) is 0.643. The van der Waals surface area contributed by atoms with Gasteiger partial charge in [-0.1, -0.05) is 6.07 Å². The zero-order chi connectivity index (χ0) is 14.2. The molecular weight excluding hydrogens is 276 g/mol. The predicted molar refractivity (Wildman–Crippen MR) is 74.4 cm³/mol. The molecule has 1 heterocycles. The van der Waals surface area contributed by atoms with Crippen LogP contribution in [0, 0.1) is 11.8 Å². The highest BCUT2D eigenvalue weighted by atomic mass is 32.2. The van der Waals surface area contributed by atoms with Gasteiger partial charge < -0.3 is 5.11 Å². The van der Waals surface area contributed by atoms with Gasteiger partial charge in [0.2, 0.25) is 0 Å². The number of hydrogen-bond acceptors (Lipinski definition) is 4. The van der Waals surface area contributed by atoms with Crippen LogP contribution in [0.1, 0.15) is 31.2 Å². The third kappa shape index (κ3) is 3.19. The maximum Gasteiger partial charge on any atom is 0.260 e. The Balaban J connectivity index is 1.81. The minimum Gasteiger partial charge on any atom is -0.392 e. The number of rotatable bonds is 7. The van der Waals surface area contributed by atoms with E-state index in [2.05, 4.69) is 4.98 Å². The summed E-state index contributed by atoms with van der Waals surface area (Å²) in [4.78, 5) is 4.01. The van der Waals surface area contributed by atoms with Crippen molar-refractivity contribution in [3.63, 3.8) is 0 Å². The molecule has 2 aliphatic rings. The summed E-state index contributed by atoms with van der Waals surface area (Å²) in [6.45, 7) is 1.13. The fourth-order valence-electron chi connectivity index (χ4n) is 2.24. The maximum absolute atomic E-state index is 12.7. The summed E-state index contributed by atoms with van der Waals surface area (Å²) in [5.74, 6) is 1.06. The third-order valence-corrected chi connectivity index (χ3v) is 5.65. The van der Waals surface area contributed by atoms with Gasteiger partial charge in [-0.25, -0.2) is 13.4 Å². The summed E-state index contributed by atoms with van der Waals surface area (Å²) in [7, 11) is -3.50. The summed E-state index contributed by atoms with van der Waals surface area (Å²) in [5.41, 5.74) is 0.625. The van der Waals surface area contributed by atoms with E-state index < -0.39 is 10.0 Å². The van der Waals surface area contributed by atoms with Gasteiger partial charge in [-0.15, -0.1) is 0 Å². The standard InChI is InChI=1S/C14H20N2O3S/c17-10-13-5-6-14(15-7-13)20(18,19)16(8-11-1-2-11)9-12-3-4-12/h5-7,11-12,17H,1-4,8-10H2. The van der Waals surface area contributed by atoms with Crippen LogP contribution in [0.5, 0.6) is 0 Å². The highest BCUT2D eigenvalue weighted by Gasteiger charge is 2.36. The summed E-state index contributed by atoms with van der Waals surface area (Å²) in [6.07, 6.45) is 5.96. The van der Waals surface area contributed by atoms with Crippen LogP contribution in [-0.4, -0.2) is 35.9 Å². The van der Waals surface area contributed by atoms with Gasteiger partial charge in [0, 0.05) is 19.3 Å². The average molecular weight is 296 g/mol. The first-order valence-electron chi connectivity index (χ1n) is 7.15. The molecule has 2 saturated carbocycles. The molecule has 0 aliphatic heterocycles. The van der Waals surface area contributed by atoms with Crippen LogP contribution in [0.3, 0.4) is 0 Å². The van der Waals surface area contributed by atoms with Crippen LogP contribution < -0.4 is 0 Å². The zero-order valence-electron chi connectivity index (χ0n) is 11.4. The Kier molecular flexibility index (Phi) is 3.79. The van der Waals surface area contributed by atoms with Gasteiger partial charge in [0.1, 0.15) is 0 Å². The molecule has 1 aromatic rings. The Labute approximate surface area is 119 Å². The summed E-state index contributed by atoms with van der Waals surface area (Å²) in [5, 5.41) is 9.09. The van der Waals surface area contributed by atoms with Gasteiger partial charge in [0.05, 0.1) is 6.61 Å². The first-order valence-corrected chi connectivity index (χ1v) is 8.59. The van der Waals surface area contributed by atoms with E-state index >= 15 is 0 Å². The van der Waals surface area contributed by atoms with Crippen molar-refractivity contribution in [2.45, 2.75) is 37.3 Å². The summed E-state index contributed by atoms with van der Waals surface area (Å²) < 4.78 is 26.9. The first kappa shape index (κ1) is 14.0. The van der Waals surface area contributed by atoms with Gasteiger partial charge in [-0.2, -0.15) is 4.31 Å². The van der Waals surface area contributed by atoms with Crippen molar-refractivity contribution in [1.82, 2.24) is 9.29 Å². The lowest BCUT2D eigenvalue weighted by molar-refractivity contribution is 0.281. The fourth-order valence-corrected chi connectivity index (χ4v) is 3.74. The molecule has 0 amide bonds. The number of pyridine rings is 1. The average Bonchev–Trinajstić information content (AvgIpc) is 3.33. The van der Waals surface area contributed by atoms with Crippen LogP contribution in [-0.2, 0) is 16.6 Å². The lowest BCUT2D eigenvalue weighted by atomic mass is 10.3. The van der Waals surface area contributed by atoms with Gasteiger partial charge >= 0.3 is 0 Å². The third-order valence-electron chi connectivity index (χ3n) is 3.90. The van der Waals surface area contributed by atoms with Crippen LogP contribution in [0.15, 0.2) is 23.4 Å². The molecule has 0 bridgehead atoms. The normalized spacial score (nSPS) is 19.5. The van der Waals surface area contributed by atoms with E-state index in [9.17, 15) is 8.42 Å². The molecule has 0 unspecified atom stereocenters. The van der Waals surface area contributed by atoms with Gasteiger partial charge in [0.15, 0.2) is 5.03 Å². The quantitative estimate of drug-likeness (QED) is 0.825. The summed E-state index contributed by atoms with van der Waals surface area (Å²) in [6, 6.07) is 3.11. The van der Waals surface area contributed by atoms with E-state index in [1.165, 1.54) is 12.3 Å². The molecule has 0 radical (unpaired) electrons. The first-order chi connectivity index (χ1) is 9.59. The van der Waals surface area contributed by atoms with Crippen molar-refractivity contribution in [3.05, 3.63) is 23.9 Å². The van der Waals surface area contributed by atoms with E-state index in [-0.39, 0.29) is 11.6 Å². The van der Waals surface area contributed by atoms with E-state index in [1.807, 2.05) is 0 Å². The lowest BCUT2D eigenvalue weighted by Gasteiger charge is -2.21. The smallest absolute Gasteiger partial charge is 0.260 e. The molecule has 6 heteroatoms. The highest BCUT2D eigenvalue weighted by molar-refractivity contribution is 7.89. The van der Waals surface area contributed by atoms with E-state index in [0.717, 1.165) is 25.7 Å². The predicted octanol–water partition coefficient (Wildman–Crippen LogP) is 1.38. The zero-order valence-corrected chi connectivity index (χ0v) is 12.2. The van der Waals surface area contributed by atoms with E-state index in [1.54, 1.807) is 10.4 Å². The molecule has 0 atom stereocenters. The van der Waals surface area contributed by atoms with Crippen molar-refractivity contribution < 1.29 is 13.5 Å². The number of hydrogen-bond donors (Lipinski definition) is 1. The molecule has 110 valence electrons. The van der Waals surface area contributed by atoms with Crippen LogP contribution in [0.4, 0.5) is 0 Å². The van der Waals surface area contributed by atoms with Crippen molar-refractivity contribution in [1.29, 1.82) is 0 Å². The molecule has 2 fully saturated rings. The van der Waals surface area contributed by atoms with Gasteiger partial charge in [0.25, 0.3) is 10.0 Å². The van der Waals surface area contributed by atoms with Gasteiger partial charge in [-0.05, 0) is 49.1 Å². The molecular formula is C14H20N2O3S.